The molecule has 0 radical (unpaired) electrons. The number of carbonyl (C=O) groups excluding carboxylic acids is 2. The number of sulfonamides is 1. The summed E-state index contributed by atoms with van der Waals surface area (Å²) in [6.07, 6.45) is 0.283. The number of hydrogen-bond acceptors (Lipinski definition) is 8. The molecule has 0 aromatic heterocycles. The van der Waals surface area contributed by atoms with Crippen LogP contribution in [0.25, 0.3) is 21.9 Å². The highest BCUT2D eigenvalue weighted by Crippen LogP contribution is 2.37. The Kier molecular flexibility index (Phi) is 10.1. The minimum absolute atomic E-state index is 0.0343. The summed E-state index contributed by atoms with van der Waals surface area (Å²) < 4.78 is 45.2. The monoisotopic (exact) mass is 604 g/mol. The molecule has 0 heterocycles. The zero-order valence-electron chi connectivity index (χ0n) is 24.9. The van der Waals surface area contributed by atoms with E-state index >= 15 is 0 Å². The van der Waals surface area contributed by atoms with Crippen molar-refractivity contribution in [2.24, 2.45) is 0 Å². The van der Waals surface area contributed by atoms with Crippen molar-refractivity contribution in [3.05, 3.63) is 89.5 Å². The van der Waals surface area contributed by atoms with E-state index < -0.39 is 16.0 Å². The molecule has 2 N–H and O–H groups in total. The number of carbonyl (C=O) groups is 2. The van der Waals surface area contributed by atoms with Crippen molar-refractivity contribution in [3.8, 4) is 16.9 Å². The van der Waals surface area contributed by atoms with Crippen molar-refractivity contribution >= 4 is 38.4 Å². The van der Waals surface area contributed by atoms with Crippen LogP contribution in [0, 0.1) is 6.92 Å². The van der Waals surface area contributed by atoms with E-state index in [9.17, 15) is 18.0 Å². The Labute approximate surface area is 252 Å². The molecule has 0 fully saturated rings. The zero-order chi connectivity index (χ0) is 31.1. The fourth-order valence-electron chi connectivity index (χ4n) is 5.04. The largest absolute Gasteiger partial charge is 0.495 e. The van der Waals surface area contributed by atoms with Crippen LogP contribution < -0.4 is 14.8 Å². The van der Waals surface area contributed by atoms with Gasteiger partial charge in [0, 0.05) is 18.0 Å². The summed E-state index contributed by atoms with van der Waals surface area (Å²) in [6.45, 7) is 4.46. The molecule has 226 valence electrons. The number of benzene rings is 4. The fourth-order valence-corrected chi connectivity index (χ4v) is 6.33. The topological polar surface area (TPSA) is 120 Å². The lowest BCUT2D eigenvalue weighted by Gasteiger charge is -2.19. The van der Waals surface area contributed by atoms with E-state index in [0.29, 0.717) is 17.5 Å². The molecule has 4 aromatic carbocycles. The van der Waals surface area contributed by atoms with Crippen LogP contribution in [0.2, 0.25) is 0 Å². The molecule has 4 aromatic rings. The number of ether oxygens (including phenoxy) is 3. The van der Waals surface area contributed by atoms with Crippen molar-refractivity contribution in [2.75, 3.05) is 26.1 Å². The average molecular weight is 605 g/mol. The van der Waals surface area contributed by atoms with Gasteiger partial charge in [0.2, 0.25) is 0 Å². The number of hydrogen-bond donors (Lipinski definition) is 2. The highest BCUT2D eigenvalue weighted by molar-refractivity contribution is 7.93. The summed E-state index contributed by atoms with van der Waals surface area (Å²) in [7, 11) is 0.0701. The molecular weight excluding hydrogens is 568 g/mol. The van der Waals surface area contributed by atoms with E-state index in [0.717, 1.165) is 27.6 Å². The molecule has 0 aliphatic heterocycles. The fraction of sp³-hybridized carbons (Fsp3) is 0.273. The Bertz CT molecular complexity index is 1750. The molecule has 10 heteroatoms. The van der Waals surface area contributed by atoms with Gasteiger partial charge in [0.25, 0.3) is 10.0 Å². The summed E-state index contributed by atoms with van der Waals surface area (Å²) in [5.41, 5.74) is 4.83. The van der Waals surface area contributed by atoms with Gasteiger partial charge in [-0.3, -0.25) is 14.3 Å². The Balaban J connectivity index is 1.71. The average Bonchev–Trinajstić information content (AvgIpc) is 3.00. The first-order chi connectivity index (χ1) is 20.6. The normalized spacial score (nSPS) is 12.0. The summed E-state index contributed by atoms with van der Waals surface area (Å²) in [6, 6.07) is 21.6. The van der Waals surface area contributed by atoms with Gasteiger partial charge < -0.3 is 19.5 Å². The first-order valence-corrected chi connectivity index (χ1v) is 15.2. The van der Waals surface area contributed by atoms with Crippen LogP contribution >= 0.6 is 0 Å². The maximum absolute atomic E-state index is 13.8. The number of aryl methyl sites for hydroxylation is 1. The Morgan fingerprint density at radius 3 is 2.28 bits per heavy atom. The predicted octanol–water partition coefficient (Wildman–Crippen LogP) is 5.38. The van der Waals surface area contributed by atoms with Gasteiger partial charge in [0.15, 0.2) is 0 Å². The lowest BCUT2D eigenvalue weighted by molar-refractivity contribution is -0.141. The molecule has 0 aliphatic carbocycles. The van der Waals surface area contributed by atoms with Crippen molar-refractivity contribution in [1.82, 2.24) is 5.32 Å². The van der Waals surface area contributed by atoms with Crippen LogP contribution in [0.5, 0.6) is 5.75 Å². The van der Waals surface area contributed by atoms with Crippen LogP contribution in [-0.2, 0) is 42.1 Å². The first kappa shape index (κ1) is 31.5. The predicted molar refractivity (Wildman–Crippen MR) is 167 cm³/mol. The lowest BCUT2D eigenvalue weighted by atomic mass is 9.91. The number of anilines is 1. The lowest BCUT2D eigenvalue weighted by Crippen LogP contribution is -2.28. The number of nitrogens with one attached hydrogen (secondary N) is 2. The highest BCUT2D eigenvalue weighted by Gasteiger charge is 2.22. The molecule has 0 saturated carbocycles. The van der Waals surface area contributed by atoms with E-state index in [1.54, 1.807) is 30.3 Å². The van der Waals surface area contributed by atoms with E-state index in [-0.39, 0.29) is 41.2 Å². The van der Waals surface area contributed by atoms with E-state index in [4.69, 9.17) is 14.2 Å². The van der Waals surface area contributed by atoms with Crippen LogP contribution in [0.1, 0.15) is 30.0 Å². The molecule has 0 saturated heterocycles. The zero-order valence-corrected chi connectivity index (χ0v) is 25.7. The van der Waals surface area contributed by atoms with Gasteiger partial charge in [0.05, 0.1) is 44.8 Å². The molecule has 1 atom stereocenters. The second-order valence-electron chi connectivity index (χ2n) is 10.2. The summed E-state index contributed by atoms with van der Waals surface area (Å²) >= 11 is 0. The van der Waals surface area contributed by atoms with E-state index in [2.05, 4.69) is 10.0 Å². The maximum atomic E-state index is 13.8. The van der Waals surface area contributed by atoms with E-state index in [1.807, 2.05) is 56.3 Å². The van der Waals surface area contributed by atoms with E-state index in [1.165, 1.54) is 21.3 Å². The first-order valence-electron chi connectivity index (χ1n) is 13.7. The smallest absolute Gasteiger partial charge is 0.309 e. The van der Waals surface area contributed by atoms with Gasteiger partial charge in [-0.2, -0.15) is 0 Å². The summed E-state index contributed by atoms with van der Waals surface area (Å²) in [4.78, 5) is 23.5. The summed E-state index contributed by atoms with van der Waals surface area (Å²) in [5, 5.41) is 4.74. The Hall–Kier alpha value is -4.41. The second kappa shape index (κ2) is 13.7. The van der Waals surface area contributed by atoms with Crippen LogP contribution in [0.4, 0.5) is 5.69 Å². The molecule has 43 heavy (non-hydrogen) atoms. The molecule has 0 bridgehead atoms. The second-order valence-corrected chi connectivity index (χ2v) is 11.9. The maximum Gasteiger partial charge on any atom is 0.309 e. The minimum Gasteiger partial charge on any atom is -0.495 e. The van der Waals surface area contributed by atoms with Gasteiger partial charge in [-0.1, -0.05) is 54.6 Å². The van der Waals surface area contributed by atoms with Crippen molar-refractivity contribution < 1.29 is 32.2 Å². The highest BCUT2D eigenvalue weighted by atomic mass is 32.2. The van der Waals surface area contributed by atoms with Gasteiger partial charge >= 0.3 is 11.9 Å². The van der Waals surface area contributed by atoms with Gasteiger partial charge in [-0.25, -0.2) is 8.42 Å². The number of rotatable bonds is 12. The standard InChI is InChI=1S/C33H36N2O7S/c1-21-9-8-10-24(20-34-22(2)17-31(36)41-4)33(21)27-14-16-30(26-12-7-6-11-25(26)27)43(38,39)35-28-15-13-23(18-29(28)40-3)19-32(37)42-5/h6-16,18,22,34-35H,17,19-20H2,1-5H3/t22-/m0/s1. The molecular formula is C33H36N2O7S. The van der Waals surface area contributed by atoms with Crippen LogP contribution in [-0.4, -0.2) is 47.7 Å². The molecule has 4 rings (SSSR count). The molecule has 0 amide bonds. The Morgan fingerprint density at radius 1 is 0.860 bits per heavy atom. The molecule has 0 spiro atoms. The Morgan fingerprint density at radius 2 is 1.58 bits per heavy atom. The van der Waals surface area contributed by atoms with Gasteiger partial charge in [0.1, 0.15) is 5.75 Å². The minimum atomic E-state index is -4.05. The molecule has 9 nitrogen and oxygen atoms in total. The van der Waals surface area contributed by atoms with Gasteiger partial charge in [-0.05, 0) is 65.3 Å². The molecule has 0 unspecified atom stereocenters. The van der Waals surface area contributed by atoms with Crippen molar-refractivity contribution in [1.29, 1.82) is 0 Å². The number of methoxy groups -OCH3 is 3. The van der Waals surface area contributed by atoms with Gasteiger partial charge in [-0.15, -0.1) is 0 Å². The third kappa shape index (κ3) is 7.33. The van der Waals surface area contributed by atoms with Crippen molar-refractivity contribution in [2.45, 2.75) is 44.2 Å². The molecule has 0 aliphatic rings. The summed E-state index contributed by atoms with van der Waals surface area (Å²) in [5.74, 6) is -0.412. The van der Waals surface area contributed by atoms with Crippen molar-refractivity contribution in [3.63, 3.8) is 0 Å². The number of fused-ring (bicyclic) bond motifs is 1. The SMILES string of the molecule is COC(=O)Cc1ccc(NS(=O)(=O)c2ccc(-c3c(C)cccc3CN[C@@H](C)CC(=O)OC)c3ccccc23)c(OC)c1. The van der Waals surface area contributed by atoms with Crippen LogP contribution in [0.3, 0.4) is 0 Å². The third-order valence-corrected chi connectivity index (χ3v) is 8.65. The van der Waals surface area contributed by atoms with Crippen LogP contribution in [0.15, 0.2) is 77.7 Å². The third-order valence-electron chi connectivity index (χ3n) is 7.23. The quantitative estimate of drug-likeness (QED) is 0.207. The number of esters is 2.